The van der Waals surface area contributed by atoms with Crippen LogP contribution in [-0.2, 0) is 6.18 Å². The minimum absolute atomic E-state index is 0.434. The predicted molar refractivity (Wildman–Crippen MR) is 67.6 cm³/mol. The molecule has 1 rings (SSSR count). The first-order valence-electron chi connectivity index (χ1n) is 5.27. The maximum Gasteiger partial charge on any atom is 0.416 e. The largest absolute Gasteiger partial charge is 0.416 e. The summed E-state index contributed by atoms with van der Waals surface area (Å²) in [5.74, 6) is 0. The standard InChI is InChI=1S/C14H14F3N/c1-10(5-3-6-11(2)18)12-7-4-8-13(9-12)14(15,16)17/h3-9H,1,18H2,2H3/b5-3-,11-6+. The highest BCUT2D eigenvalue weighted by molar-refractivity contribution is 5.72. The number of hydrogen-bond donors (Lipinski definition) is 1. The van der Waals surface area contributed by atoms with E-state index in [1.54, 1.807) is 31.2 Å². The summed E-state index contributed by atoms with van der Waals surface area (Å²) in [6.07, 6.45) is 0.580. The average Bonchev–Trinajstić information content (AvgIpc) is 2.27. The van der Waals surface area contributed by atoms with Crippen molar-refractivity contribution in [1.29, 1.82) is 0 Å². The highest BCUT2D eigenvalue weighted by Gasteiger charge is 2.30. The Labute approximate surface area is 104 Å². The van der Waals surface area contributed by atoms with Gasteiger partial charge in [0.05, 0.1) is 5.56 Å². The second kappa shape index (κ2) is 5.58. The molecule has 0 bridgehead atoms. The summed E-state index contributed by atoms with van der Waals surface area (Å²) < 4.78 is 37.5. The first-order valence-corrected chi connectivity index (χ1v) is 5.27. The molecule has 96 valence electrons. The zero-order chi connectivity index (χ0) is 13.8. The topological polar surface area (TPSA) is 26.0 Å². The molecule has 0 saturated heterocycles. The molecular weight excluding hydrogens is 239 g/mol. The third-order valence-electron chi connectivity index (χ3n) is 2.22. The minimum atomic E-state index is -4.34. The van der Waals surface area contributed by atoms with Crippen molar-refractivity contribution in [2.45, 2.75) is 13.1 Å². The van der Waals surface area contributed by atoms with Gasteiger partial charge in [0.2, 0.25) is 0 Å². The molecule has 0 aromatic heterocycles. The maximum atomic E-state index is 12.5. The first-order chi connectivity index (χ1) is 8.30. The van der Waals surface area contributed by atoms with E-state index in [1.165, 1.54) is 6.07 Å². The molecule has 0 radical (unpaired) electrons. The van der Waals surface area contributed by atoms with Gasteiger partial charge in [-0.15, -0.1) is 0 Å². The number of hydrogen-bond acceptors (Lipinski definition) is 1. The third kappa shape index (κ3) is 4.13. The molecular formula is C14H14F3N. The van der Waals surface area contributed by atoms with E-state index < -0.39 is 11.7 Å². The molecule has 2 N–H and O–H groups in total. The summed E-state index contributed by atoms with van der Waals surface area (Å²) in [6.45, 7) is 5.44. The van der Waals surface area contributed by atoms with Crippen molar-refractivity contribution in [3.05, 3.63) is 65.9 Å². The summed E-state index contributed by atoms with van der Waals surface area (Å²) in [5, 5.41) is 0. The number of alkyl halides is 3. The number of nitrogens with two attached hydrogens (primary N) is 1. The lowest BCUT2D eigenvalue weighted by Crippen LogP contribution is -2.04. The molecule has 0 aliphatic heterocycles. The Morgan fingerprint density at radius 2 is 2.00 bits per heavy atom. The van der Waals surface area contributed by atoms with Crippen molar-refractivity contribution in [2.24, 2.45) is 5.73 Å². The van der Waals surface area contributed by atoms with Crippen LogP contribution in [0.1, 0.15) is 18.1 Å². The fraction of sp³-hybridized carbons (Fsp3) is 0.143. The van der Waals surface area contributed by atoms with Gasteiger partial charge in [0.15, 0.2) is 0 Å². The molecule has 0 fully saturated rings. The second-order valence-corrected chi connectivity index (χ2v) is 3.87. The van der Waals surface area contributed by atoms with Gasteiger partial charge in [-0.2, -0.15) is 13.2 Å². The molecule has 18 heavy (non-hydrogen) atoms. The Balaban J connectivity index is 2.94. The van der Waals surface area contributed by atoms with Crippen molar-refractivity contribution in [1.82, 2.24) is 0 Å². The molecule has 1 aromatic rings. The number of rotatable bonds is 3. The van der Waals surface area contributed by atoms with Crippen LogP contribution in [0.5, 0.6) is 0 Å². The SMILES string of the molecule is C=C(/C=C\C=C(/C)N)c1cccc(C(F)(F)F)c1. The summed E-state index contributed by atoms with van der Waals surface area (Å²) in [7, 11) is 0. The third-order valence-corrected chi connectivity index (χ3v) is 2.22. The second-order valence-electron chi connectivity index (χ2n) is 3.87. The van der Waals surface area contributed by atoms with Crippen molar-refractivity contribution in [2.75, 3.05) is 0 Å². The van der Waals surface area contributed by atoms with Gasteiger partial charge in [-0.3, -0.25) is 0 Å². The van der Waals surface area contributed by atoms with Crippen LogP contribution in [0.25, 0.3) is 5.57 Å². The Bertz CT molecular complexity index is 492. The van der Waals surface area contributed by atoms with Crippen LogP contribution in [-0.4, -0.2) is 0 Å². The van der Waals surface area contributed by atoms with Gasteiger partial charge >= 0.3 is 6.18 Å². The average molecular weight is 253 g/mol. The predicted octanol–water partition coefficient (Wildman–Crippen LogP) is 4.14. The zero-order valence-electron chi connectivity index (χ0n) is 9.96. The van der Waals surface area contributed by atoms with E-state index >= 15 is 0 Å². The summed E-state index contributed by atoms with van der Waals surface area (Å²) in [6, 6.07) is 5.05. The summed E-state index contributed by atoms with van der Waals surface area (Å²) in [4.78, 5) is 0. The van der Waals surface area contributed by atoms with Gasteiger partial charge in [0.1, 0.15) is 0 Å². The number of halogens is 3. The fourth-order valence-corrected chi connectivity index (χ4v) is 1.31. The van der Waals surface area contributed by atoms with Crippen molar-refractivity contribution < 1.29 is 13.2 Å². The molecule has 0 unspecified atom stereocenters. The normalized spacial score (nSPS) is 13.0. The Morgan fingerprint density at radius 3 is 2.56 bits per heavy atom. The van der Waals surface area contributed by atoms with E-state index in [0.29, 0.717) is 16.8 Å². The van der Waals surface area contributed by atoms with E-state index in [2.05, 4.69) is 6.58 Å². The quantitative estimate of drug-likeness (QED) is 0.805. The fourth-order valence-electron chi connectivity index (χ4n) is 1.31. The molecule has 4 heteroatoms. The number of benzene rings is 1. The highest BCUT2D eigenvalue weighted by Crippen LogP contribution is 2.30. The summed E-state index contributed by atoms with van der Waals surface area (Å²) in [5.41, 5.74) is 6.30. The van der Waals surface area contributed by atoms with Gasteiger partial charge in [-0.1, -0.05) is 30.9 Å². The van der Waals surface area contributed by atoms with Gasteiger partial charge in [0.25, 0.3) is 0 Å². The van der Waals surface area contributed by atoms with Gasteiger partial charge in [0, 0.05) is 5.70 Å². The molecule has 1 aromatic carbocycles. The van der Waals surface area contributed by atoms with E-state index in [1.807, 2.05) is 0 Å². The molecule has 0 aliphatic carbocycles. The van der Waals surface area contributed by atoms with Crippen LogP contribution in [0.2, 0.25) is 0 Å². The summed E-state index contributed by atoms with van der Waals surface area (Å²) >= 11 is 0. The van der Waals surface area contributed by atoms with Gasteiger partial charge in [-0.25, -0.2) is 0 Å². The van der Waals surface area contributed by atoms with Crippen LogP contribution < -0.4 is 5.73 Å². The molecule has 0 aliphatic rings. The molecule has 0 amide bonds. The van der Waals surface area contributed by atoms with Crippen LogP contribution in [0.4, 0.5) is 13.2 Å². The van der Waals surface area contributed by atoms with Gasteiger partial charge in [-0.05, 0) is 36.3 Å². The minimum Gasteiger partial charge on any atom is -0.402 e. The Morgan fingerprint density at radius 1 is 1.33 bits per heavy atom. The smallest absolute Gasteiger partial charge is 0.402 e. The van der Waals surface area contributed by atoms with Crippen molar-refractivity contribution in [3.8, 4) is 0 Å². The van der Waals surface area contributed by atoms with Crippen LogP contribution >= 0.6 is 0 Å². The number of allylic oxidation sites excluding steroid dienone is 5. The van der Waals surface area contributed by atoms with Gasteiger partial charge < -0.3 is 5.73 Å². The van der Waals surface area contributed by atoms with E-state index in [9.17, 15) is 13.2 Å². The van der Waals surface area contributed by atoms with E-state index in [-0.39, 0.29) is 0 Å². The van der Waals surface area contributed by atoms with Crippen molar-refractivity contribution in [3.63, 3.8) is 0 Å². The highest BCUT2D eigenvalue weighted by atomic mass is 19.4. The van der Waals surface area contributed by atoms with E-state index in [4.69, 9.17) is 5.73 Å². The molecule has 0 heterocycles. The Hall–Kier alpha value is -1.97. The first kappa shape index (κ1) is 14.1. The van der Waals surface area contributed by atoms with Crippen LogP contribution in [0.15, 0.2) is 54.8 Å². The molecule has 0 saturated carbocycles. The van der Waals surface area contributed by atoms with E-state index in [0.717, 1.165) is 12.1 Å². The lowest BCUT2D eigenvalue weighted by molar-refractivity contribution is -0.137. The lowest BCUT2D eigenvalue weighted by Gasteiger charge is -2.08. The zero-order valence-corrected chi connectivity index (χ0v) is 9.96. The monoisotopic (exact) mass is 253 g/mol. The maximum absolute atomic E-state index is 12.5. The van der Waals surface area contributed by atoms with Crippen LogP contribution in [0.3, 0.4) is 0 Å². The Kier molecular flexibility index (Phi) is 4.37. The molecule has 0 atom stereocenters. The molecule has 1 nitrogen and oxygen atoms in total. The van der Waals surface area contributed by atoms with Crippen LogP contribution in [0, 0.1) is 0 Å². The van der Waals surface area contributed by atoms with Crippen molar-refractivity contribution >= 4 is 5.57 Å². The molecule has 0 spiro atoms. The lowest BCUT2D eigenvalue weighted by atomic mass is 10.0.